The smallest absolute Gasteiger partial charge is 0.0581 e. The van der Waals surface area contributed by atoms with E-state index in [1.54, 1.807) is 0 Å². The fraction of sp³-hybridized carbons (Fsp3) is 1.00. The summed E-state index contributed by atoms with van der Waals surface area (Å²) in [7, 11) is 0. The zero-order valence-corrected chi connectivity index (χ0v) is 13.4. The van der Waals surface area contributed by atoms with Crippen molar-refractivity contribution in [1.29, 1.82) is 0 Å². The predicted octanol–water partition coefficient (Wildman–Crippen LogP) is 4.78. The van der Waals surface area contributed by atoms with Crippen LogP contribution in [-0.2, 0) is 0 Å². The molecule has 0 unspecified atom stereocenters. The van der Waals surface area contributed by atoms with Gasteiger partial charge in [-0.25, -0.2) is 0 Å². The third kappa shape index (κ3) is 1.71. The highest BCUT2D eigenvalue weighted by atomic mass is 16.3. The van der Waals surface area contributed by atoms with Crippen molar-refractivity contribution in [3.05, 3.63) is 0 Å². The van der Waals surface area contributed by atoms with Crippen LogP contribution < -0.4 is 0 Å². The average Bonchev–Trinajstić information content (AvgIpc) is 2.78. The molecule has 0 aromatic carbocycles. The van der Waals surface area contributed by atoms with E-state index in [0.29, 0.717) is 16.7 Å². The van der Waals surface area contributed by atoms with Crippen molar-refractivity contribution in [2.75, 3.05) is 0 Å². The Balaban J connectivity index is 1.69. The molecule has 4 saturated carbocycles. The second-order valence-corrected chi connectivity index (χ2v) is 9.14. The molecule has 0 radical (unpaired) electrons. The molecule has 1 N–H and O–H groups in total. The number of aliphatic hydroxyl groups excluding tert-OH is 1. The van der Waals surface area contributed by atoms with Crippen LogP contribution in [0.3, 0.4) is 0 Å². The maximum atomic E-state index is 11.0. The summed E-state index contributed by atoms with van der Waals surface area (Å²) in [4.78, 5) is 0. The monoisotopic (exact) mass is 276 g/mol. The average molecular weight is 276 g/mol. The Hall–Kier alpha value is -0.0400. The maximum Gasteiger partial charge on any atom is 0.0581 e. The van der Waals surface area contributed by atoms with E-state index in [1.165, 1.54) is 57.8 Å². The Morgan fingerprint density at radius 3 is 2.60 bits per heavy atom. The molecule has 0 aliphatic heterocycles. The van der Waals surface area contributed by atoms with E-state index in [2.05, 4.69) is 13.8 Å². The van der Waals surface area contributed by atoms with Crippen LogP contribution in [0.25, 0.3) is 0 Å². The molecule has 0 aromatic heterocycles. The molecular formula is C19H32O. The highest BCUT2D eigenvalue weighted by molar-refractivity contribution is 5.09. The normalized spacial score (nSPS) is 58.6. The first-order chi connectivity index (χ1) is 9.55. The van der Waals surface area contributed by atoms with Crippen molar-refractivity contribution in [2.45, 2.75) is 84.2 Å². The zero-order chi connectivity index (χ0) is 14.0. The first-order valence-corrected chi connectivity index (χ1v) is 9.23. The highest BCUT2D eigenvalue weighted by Gasteiger charge is 2.60. The van der Waals surface area contributed by atoms with Gasteiger partial charge in [-0.05, 0) is 79.4 Å². The fourth-order valence-electron chi connectivity index (χ4n) is 7.43. The number of fused-ring (bicyclic) bond motifs is 5. The molecule has 4 aliphatic carbocycles. The first kappa shape index (κ1) is 13.6. The lowest BCUT2D eigenvalue weighted by atomic mass is 9.44. The molecule has 20 heavy (non-hydrogen) atoms. The molecule has 4 aliphatic rings. The van der Waals surface area contributed by atoms with Gasteiger partial charge in [-0.15, -0.1) is 0 Å². The van der Waals surface area contributed by atoms with E-state index < -0.39 is 0 Å². The van der Waals surface area contributed by atoms with E-state index >= 15 is 0 Å². The predicted molar refractivity (Wildman–Crippen MR) is 82.4 cm³/mol. The van der Waals surface area contributed by atoms with Gasteiger partial charge >= 0.3 is 0 Å². The van der Waals surface area contributed by atoms with Crippen LogP contribution >= 0.6 is 0 Å². The molecule has 0 spiro atoms. The minimum atomic E-state index is -0.00903. The van der Waals surface area contributed by atoms with Gasteiger partial charge in [0.2, 0.25) is 0 Å². The van der Waals surface area contributed by atoms with Crippen molar-refractivity contribution in [2.24, 2.45) is 34.5 Å². The lowest BCUT2D eigenvalue weighted by Gasteiger charge is -2.61. The van der Waals surface area contributed by atoms with Crippen molar-refractivity contribution >= 4 is 0 Å². The van der Waals surface area contributed by atoms with Crippen LogP contribution in [0.5, 0.6) is 0 Å². The van der Waals surface area contributed by atoms with Gasteiger partial charge in [0, 0.05) is 0 Å². The van der Waals surface area contributed by atoms with Crippen LogP contribution in [-0.4, -0.2) is 11.2 Å². The number of hydrogen-bond donors (Lipinski definition) is 1. The van der Waals surface area contributed by atoms with Crippen LogP contribution in [0, 0.1) is 34.5 Å². The molecular weight excluding hydrogens is 244 g/mol. The van der Waals surface area contributed by atoms with Gasteiger partial charge in [-0.3, -0.25) is 0 Å². The first-order valence-electron chi connectivity index (χ1n) is 9.23. The van der Waals surface area contributed by atoms with Crippen molar-refractivity contribution in [3.8, 4) is 0 Å². The van der Waals surface area contributed by atoms with Gasteiger partial charge in [-0.1, -0.05) is 33.1 Å². The van der Waals surface area contributed by atoms with Gasteiger partial charge < -0.3 is 5.11 Å². The van der Waals surface area contributed by atoms with E-state index in [1.807, 2.05) is 0 Å². The molecule has 0 saturated heterocycles. The minimum Gasteiger partial charge on any atom is -0.393 e. The van der Waals surface area contributed by atoms with Gasteiger partial charge in [0.15, 0.2) is 0 Å². The molecule has 4 rings (SSSR count). The summed E-state index contributed by atoms with van der Waals surface area (Å²) in [6, 6.07) is 0. The van der Waals surface area contributed by atoms with Crippen LogP contribution in [0.1, 0.15) is 78.1 Å². The van der Waals surface area contributed by atoms with Gasteiger partial charge in [0.05, 0.1) is 6.10 Å². The maximum absolute atomic E-state index is 11.0. The van der Waals surface area contributed by atoms with Gasteiger partial charge in [-0.2, -0.15) is 0 Å². The zero-order valence-electron chi connectivity index (χ0n) is 13.4. The molecule has 7 atom stereocenters. The molecule has 114 valence electrons. The third-order valence-electron chi connectivity index (χ3n) is 8.29. The van der Waals surface area contributed by atoms with Crippen molar-refractivity contribution < 1.29 is 5.11 Å². The summed E-state index contributed by atoms with van der Waals surface area (Å²) in [6.45, 7) is 5.04. The van der Waals surface area contributed by atoms with Crippen molar-refractivity contribution in [1.82, 2.24) is 0 Å². The fourth-order valence-corrected chi connectivity index (χ4v) is 7.43. The lowest BCUT2D eigenvalue weighted by molar-refractivity contribution is -0.162. The number of rotatable bonds is 0. The molecule has 1 heteroatoms. The molecule has 4 fully saturated rings. The molecule has 0 heterocycles. The molecule has 0 aromatic rings. The second kappa shape index (κ2) is 4.48. The number of aliphatic hydroxyl groups is 1. The SMILES string of the molecule is C[C@@]12CCC[C@H]1[C@@H]1CC[C@@H]3CCCC[C@]3(C)[C@H]1[C@@H](O)C2. The summed E-state index contributed by atoms with van der Waals surface area (Å²) < 4.78 is 0. The van der Waals surface area contributed by atoms with Crippen molar-refractivity contribution in [3.63, 3.8) is 0 Å². The standard InChI is InChI=1S/C19H32O/c1-18-10-5-7-15(18)14-9-8-13-6-3-4-11-19(13,2)17(14)16(20)12-18/h13-17,20H,3-12H2,1-2H3/t13-,14-,15-,16-,17+,18-,19-/m0/s1. The van der Waals surface area contributed by atoms with Crippen LogP contribution in [0.15, 0.2) is 0 Å². The molecule has 0 amide bonds. The quantitative estimate of drug-likeness (QED) is 0.675. The summed E-state index contributed by atoms with van der Waals surface area (Å²) >= 11 is 0. The Morgan fingerprint density at radius 1 is 0.900 bits per heavy atom. The van der Waals surface area contributed by atoms with E-state index in [0.717, 1.165) is 24.2 Å². The Morgan fingerprint density at radius 2 is 1.75 bits per heavy atom. The van der Waals surface area contributed by atoms with Gasteiger partial charge in [0.25, 0.3) is 0 Å². The van der Waals surface area contributed by atoms with E-state index in [4.69, 9.17) is 0 Å². The molecule has 1 nitrogen and oxygen atoms in total. The second-order valence-electron chi connectivity index (χ2n) is 9.14. The topological polar surface area (TPSA) is 20.2 Å². The highest BCUT2D eigenvalue weighted by Crippen LogP contribution is 2.66. The summed E-state index contributed by atoms with van der Waals surface area (Å²) in [6.07, 6.45) is 13.9. The Labute approximate surface area is 124 Å². The number of hydrogen-bond acceptors (Lipinski definition) is 1. The summed E-state index contributed by atoms with van der Waals surface area (Å²) in [5.41, 5.74) is 0.933. The summed E-state index contributed by atoms with van der Waals surface area (Å²) in [5, 5.41) is 11.0. The van der Waals surface area contributed by atoms with Crippen LogP contribution in [0.4, 0.5) is 0 Å². The lowest BCUT2D eigenvalue weighted by Crippen LogP contribution is -2.57. The summed E-state index contributed by atoms with van der Waals surface area (Å²) in [5.74, 6) is 3.30. The largest absolute Gasteiger partial charge is 0.393 e. The third-order valence-corrected chi connectivity index (χ3v) is 8.29. The minimum absolute atomic E-state index is 0.00903. The Bertz CT molecular complexity index is 391. The Kier molecular flexibility index (Phi) is 3.05. The van der Waals surface area contributed by atoms with Gasteiger partial charge in [0.1, 0.15) is 0 Å². The van der Waals surface area contributed by atoms with E-state index in [9.17, 15) is 5.11 Å². The van der Waals surface area contributed by atoms with Crippen LogP contribution in [0.2, 0.25) is 0 Å². The molecule has 0 bridgehead atoms. The van der Waals surface area contributed by atoms with E-state index in [-0.39, 0.29) is 6.10 Å².